The van der Waals surface area contributed by atoms with Crippen LogP contribution >= 0.6 is 0 Å². The van der Waals surface area contributed by atoms with E-state index in [0.29, 0.717) is 18.0 Å². The van der Waals surface area contributed by atoms with Gasteiger partial charge in [-0.2, -0.15) is 4.31 Å². The number of sulfonamides is 1. The van der Waals surface area contributed by atoms with Crippen LogP contribution in [-0.2, 0) is 21.2 Å². The molecule has 1 amide bonds. The number of likely N-dealkylation sites (tertiary alicyclic amines) is 1. The highest BCUT2D eigenvalue weighted by atomic mass is 32.2. The third-order valence-electron chi connectivity index (χ3n) is 5.93. The lowest BCUT2D eigenvalue weighted by atomic mass is 10.2. The van der Waals surface area contributed by atoms with Gasteiger partial charge in [-0.3, -0.25) is 4.79 Å². The Labute approximate surface area is 155 Å². The van der Waals surface area contributed by atoms with Crippen molar-refractivity contribution < 1.29 is 13.2 Å². The smallest absolute Gasteiger partial charge is 0.243 e. The molecule has 0 spiro atoms. The fourth-order valence-corrected chi connectivity index (χ4v) is 6.26. The van der Waals surface area contributed by atoms with Crippen molar-refractivity contribution >= 4 is 21.6 Å². The SMILES string of the molecule is CC(=O)N1CCc2ccc(S(=O)(=O)N3CCC[C@H]3CN3CCCC3)cc21. The molecule has 6 nitrogen and oxygen atoms in total. The Kier molecular flexibility index (Phi) is 4.79. The van der Waals surface area contributed by atoms with Crippen LogP contribution in [0, 0.1) is 0 Å². The summed E-state index contributed by atoms with van der Waals surface area (Å²) >= 11 is 0. The van der Waals surface area contributed by atoms with E-state index in [9.17, 15) is 13.2 Å². The summed E-state index contributed by atoms with van der Waals surface area (Å²) in [4.78, 5) is 16.2. The van der Waals surface area contributed by atoms with Crippen molar-refractivity contribution in [3.05, 3.63) is 23.8 Å². The van der Waals surface area contributed by atoms with E-state index >= 15 is 0 Å². The summed E-state index contributed by atoms with van der Waals surface area (Å²) in [5.41, 5.74) is 1.81. The number of hydrogen-bond donors (Lipinski definition) is 0. The maximum absolute atomic E-state index is 13.3. The largest absolute Gasteiger partial charge is 0.312 e. The molecule has 1 aromatic rings. The van der Waals surface area contributed by atoms with Crippen LogP contribution in [0.4, 0.5) is 5.69 Å². The van der Waals surface area contributed by atoms with Gasteiger partial charge < -0.3 is 9.80 Å². The molecule has 4 rings (SSSR count). The first kappa shape index (κ1) is 17.9. The van der Waals surface area contributed by atoms with Crippen LogP contribution in [0.3, 0.4) is 0 Å². The number of carbonyl (C=O) groups is 1. The third kappa shape index (κ3) is 3.17. The first-order chi connectivity index (χ1) is 12.5. The average Bonchev–Trinajstić information content (AvgIpc) is 3.35. The summed E-state index contributed by atoms with van der Waals surface area (Å²) < 4.78 is 28.3. The van der Waals surface area contributed by atoms with E-state index in [4.69, 9.17) is 0 Å². The van der Waals surface area contributed by atoms with E-state index in [1.54, 1.807) is 21.3 Å². The molecule has 0 saturated carbocycles. The maximum atomic E-state index is 13.3. The van der Waals surface area contributed by atoms with Gasteiger partial charge in [0.1, 0.15) is 0 Å². The fraction of sp³-hybridized carbons (Fsp3) is 0.632. The third-order valence-corrected chi connectivity index (χ3v) is 7.88. The highest BCUT2D eigenvalue weighted by Gasteiger charge is 2.37. The number of nitrogens with zero attached hydrogens (tertiary/aromatic N) is 3. The van der Waals surface area contributed by atoms with Crippen LogP contribution in [0.2, 0.25) is 0 Å². The minimum absolute atomic E-state index is 0.0358. The summed E-state index contributed by atoms with van der Waals surface area (Å²) in [5, 5.41) is 0. The number of hydrogen-bond acceptors (Lipinski definition) is 4. The van der Waals surface area contributed by atoms with E-state index in [1.807, 2.05) is 6.07 Å². The van der Waals surface area contributed by atoms with E-state index in [-0.39, 0.29) is 11.9 Å². The Hall–Kier alpha value is -1.44. The fourth-order valence-electron chi connectivity index (χ4n) is 4.55. The molecule has 2 saturated heterocycles. The van der Waals surface area contributed by atoms with Crippen molar-refractivity contribution in [2.24, 2.45) is 0 Å². The van der Waals surface area contributed by atoms with E-state index in [0.717, 1.165) is 50.1 Å². The standard InChI is InChI=1S/C19H27N3O3S/c1-15(23)21-12-8-16-6-7-18(13-19(16)21)26(24,25)22-11-4-5-17(22)14-20-9-2-3-10-20/h6-7,13,17H,2-5,8-12,14H2,1H3/t17-/m0/s1. The topological polar surface area (TPSA) is 60.9 Å². The molecule has 142 valence electrons. The molecule has 7 heteroatoms. The summed E-state index contributed by atoms with van der Waals surface area (Å²) in [7, 11) is -3.53. The van der Waals surface area contributed by atoms with Gasteiger partial charge in [-0.05, 0) is 62.9 Å². The van der Waals surface area contributed by atoms with Crippen LogP contribution < -0.4 is 4.90 Å². The van der Waals surface area contributed by atoms with Gasteiger partial charge in [-0.1, -0.05) is 6.07 Å². The number of carbonyl (C=O) groups excluding carboxylic acids is 1. The Bertz CT molecular complexity index is 802. The molecule has 0 aromatic heterocycles. The maximum Gasteiger partial charge on any atom is 0.243 e. The quantitative estimate of drug-likeness (QED) is 0.803. The summed E-state index contributed by atoms with van der Waals surface area (Å²) in [6, 6.07) is 5.35. The predicted molar refractivity (Wildman–Crippen MR) is 101 cm³/mol. The highest BCUT2D eigenvalue weighted by molar-refractivity contribution is 7.89. The molecule has 3 aliphatic rings. The number of anilines is 1. The molecule has 1 aromatic carbocycles. The zero-order valence-corrected chi connectivity index (χ0v) is 16.2. The minimum atomic E-state index is -3.53. The van der Waals surface area contributed by atoms with Crippen molar-refractivity contribution in [1.82, 2.24) is 9.21 Å². The van der Waals surface area contributed by atoms with Crippen LogP contribution in [0.1, 0.15) is 38.2 Å². The number of rotatable bonds is 4. The number of amides is 1. The van der Waals surface area contributed by atoms with E-state index in [2.05, 4.69) is 4.90 Å². The van der Waals surface area contributed by atoms with Gasteiger partial charge in [0, 0.05) is 38.3 Å². The first-order valence-corrected chi connectivity index (χ1v) is 11.1. The highest BCUT2D eigenvalue weighted by Crippen LogP contribution is 2.33. The van der Waals surface area contributed by atoms with Crippen molar-refractivity contribution in [1.29, 1.82) is 0 Å². The molecular formula is C19H27N3O3S. The van der Waals surface area contributed by atoms with Gasteiger partial charge in [0.15, 0.2) is 0 Å². The molecule has 0 N–H and O–H groups in total. The summed E-state index contributed by atoms with van der Waals surface area (Å²) in [6.07, 6.45) is 5.06. The molecule has 0 bridgehead atoms. The van der Waals surface area contributed by atoms with Crippen LogP contribution in [-0.4, -0.2) is 62.3 Å². The molecule has 3 heterocycles. The minimum Gasteiger partial charge on any atom is -0.312 e. The Morgan fingerprint density at radius 1 is 1.12 bits per heavy atom. The lowest BCUT2D eigenvalue weighted by molar-refractivity contribution is -0.116. The van der Waals surface area contributed by atoms with Crippen molar-refractivity contribution in [3.8, 4) is 0 Å². The number of fused-ring (bicyclic) bond motifs is 1. The molecule has 0 unspecified atom stereocenters. The van der Waals surface area contributed by atoms with Gasteiger partial charge >= 0.3 is 0 Å². The Morgan fingerprint density at radius 3 is 2.62 bits per heavy atom. The second kappa shape index (κ2) is 6.94. The van der Waals surface area contributed by atoms with Gasteiger partial charge in [0.25, 0.3) is 0 Å². The second-order valence-corrected chi connectivity index (χ2v) is 9.52. The molecule has 26 heavy (non-hydrogen) atoms. The molecule has 2 fully saturated rings. The van der Waals surface area contributed by atoms with Crippen LogP contribution in [0.25, 0.3) is 0 Å². The second-order valence-electron chi connectivity index (χ2n) is 7.63. The van der Waals surface area contributed by atoms with Crippen LogP contribution in [0.5, 0.6) is 0 Å². The lowest BCUT2D eigenvalue weighted by Gasteiger charge is -2.28. The Morgan fingerprint density at radius 2 is 1.88 bits per heavy atom. The molecule has 1 atom stereocenters. The molecular weight excluding hydrogens is 350 g/mol. The lowest BCUT2D eigenvalue weighted by Crippen LogP contribution is -2.42. The van der Waals surface area contributed by atoms with Crippen molar-refractivity contribution in [2.45, 2.75) is 50.0 Å². The van der Waals surface area contributed by atoms with Crippen molar-refractivity contribution in [3.63, 3.8) is 0 Å². The number of benzene rings is 1. The van der Waals surface area contributed by atoms with Gasteiger partial charge in [0.05, 0.1) is 4.90 Å². The van der Waals surface area contributed by atoms with Crippen LogP contribution in [0.15, 0.2) is 23.1 Å². The van der Waals surface area contributed by atoms with E-state index < -0.39 is 10.0 Å². The average molecular weight is 378 g/mol. The monoisotopic (exact) mass is 377 g/mol. The van der Waals surface area contributed by atoms with Gasteiger partial charge in [-0.25, -0.2) is 8.42 Å². The molecule has 0 radical (unpaired) electrons. The van der Waals surface area contributed by atoms with Gasteiger partial charge in [-0.15, -0.1) is 0 Å². The first-order valence-electron chi connectivity index (χ1n) is 9.62. The predicted octanol–water partition coefficient (Wildman–Crippen LogP) is 1.84. The van der Waals surface area contributed by atoms with Crippen molar-refractivity contribution in [2.75, 3.05) is 37.6 Å². The molecule has 3 aliphatic heterocycles. The van der Waals surface area contributed by atoms with Gasteiger partial charge in [0.2, 0.25) is 15.9 Å². The Balaban J connectivity index is 1.60. The summed E-state index contributed by atoms with van der Waals surface area (Å²) in [5.74, 6) is -0.0358. The summed E-state index contributed by atoms with van der Waals surface area (Å²) in [6.45, 7) is 5.75. The normalized spacial score (nSPS) is 24.3. The molecule has 0 aliphatic carbocycles. The zero-order valence-electron chi connectivity index (χ0n) is 15.4. The zero-order chi connectivity index (χ0) is 18.3. The van der Waals surface area contributed by atoms with E-state index in [1.165, 1.54) is 19.8 Å².